The van der Waals surface area contributed by atoms with Gasteiger partial charge in [-0.3, -0.25) is 9.36 Å². The molecule has 3 heterocycles. The summed E-state index contributed by atoms with van der Waals surface area (Å²) in [6.07, 6.45) is 5.08. The van der Waals surface area contributed by atoms with E-state index in [1.165, 1.54) is 0 Å². The summed E-state index contributed by atoms with van der Waals surface area (Å²) >= 11 is 0. The van der Waals surface area contributed by atoms with Crippen molar-refractivity contribution in [2.24, 2.45) is 0 Å². The highest BCUT2D eigenvalue weighted by Gasteiger charge is 2.24. The van der Waals surface area contributed by atoms with Crippen LogP contribution in [0.2, 0.25) is 0 Å². The van der Waals surface area contributed by atoms with E-state index in [0.29, 0.717) is 17.3 Å². The molecule has 0 radical (unpaired) electrons. The van der Waals surface area contributed by atoms with E-state index in [1.807, 2.05) is 31.1 Å². The first-order valence-electron chi connectivity index (χ1n) is 7.63. The van der Waals surface area contributed by atoms with Gasteiger partial charge in [0.1, 0.15) is 28.8 Å². The molecule has 7 heteroatoms. The highest BCUT2D eigenvalue weighted by atomic mass is 16.4. The summed E-state index contributed by atoms with van der Waals surface area (Å²) in [6, 6.07) is 9.26. The molecule has 0 aliphatic rings. The molecule has 0 fully saturated rings. The molecule has 0 saturated carbocycles. The Kier molecular flexibility index (Phi) is 4.27. The van der Waals surface area contributed by atoms with Crippen molar-refractivity contribution in [2.45, 2.75) is 6.92 Å². The maximum Gasteiger partial charge on any atom is 0.260 e. The van der Waals surface area contributed by atoms with Crippen LogP contribution in [0.3, 0.4) is 0 Å². The number of nitriles is 1. The van der Waals surface area contributed by atoms with Crippen LogP contribution >= 0.6 is 0 Å². The zero-order chi connectivity index (χ0) is 18.0. The average molecular weight is 335 g/mol. The number of aryl methyl sites for hydroxylation is 1. The topological polar surface area (TPSA) is 87.1 Å². The van der Waals surface area contributed by atoms with Crippen molar-refractivity contribution in [3.63, 3.8) is 0 Å². The summed E-state index contributed by atoms with van der Waals surface area (Å²) in [6.45, 7) is 1.66. The Hall–Kier alpha value is -3.53. The van der Waals surface area contributed by atoms with Crippen LogP contribution in [-0.2, 0) is 0 Å². The van der Waals surface area contributed by atoms with Gasteiger partial charge in [0.05, 0.1) is 11.9 Å². The van der Waals surface area contributed by atoms with Crippen LogP contribution in [0.1, 0.15) is 21.7 Å². The summed E-state index contributed by atoms with van der Waals surface area (Å²) < 4.78 is 7.31. The Balaban J connectivity index is 1.91. The van der Waals surface area contributed by atoms with Gasteiger partial charge in [0.25, 0.3) is 5.91 Å². The number of rotatable bonds is 4. The number of carbonyl (C=O) groups excluding carboxylic acids is 1. The molecule has 1 N–H and O–H groups in total. The fraction of sp³-hybridized carbons (Fsp3) is 0.167. The number of anilines is 2. The molecule has 0 spiro atoms. The largest absolute Gasteiger partial charge is 0.443 e. The molecule has 0 aliphatic heterocycles. The van der Waals surface area contributed by atoms with E-state index in [0.717, 1.165) is 5.82 Å². The third-order valence-electron chi connectivity index (χ3n) is 3.71. The van der Waals surface area contributed by atoms with Crippen molar-refractivity contribution < 1.29 is 9.21 Å². The molecule has 0 atom stereocenters. The third kappa shape index (κ3) is 3.10. The molecule has 3 rings (SSSR count). The minimum absolute atomic E-state index is 0.198. The first-order valence-corrected chi connectivity index (χ1v) is 7.63. The Morgan fingerprint density at radius 3 is 2.60 bits per heavy atom. The molecule has 0 aliphatic carbocycles. The molecule has 25 heavy (non-hydrogen) atoms. The van der Waals surface area contributed by atoms with Crippen molar-refractivity contribution in [3.05, 3.63) is 59.7 Å². The lowest BCUT2D eigenvalue weighted by atomic mass is 10.1. The highest BCUT2D eigenvalue weighted by molar-refractivity contribution is 6.07. The summed E-state index contributed by atoms with van der Waals surface area (Å²) in [7, 11) is 3.77. The molecule has 7 nitrogen and oxygen atoms in total. The number of furan rings is 1. The van der Waals surface area contributed by atoms with Gasteiger partial charge < -0.3 is 14.6 Å². The van der Waals surface area contributed by atoms with Crippen molar-refractivity contribution in [2.75, 3.05) is 24.3 Å². The monoisotopic (exact) mass is 335 g/mol. The SMILES string of the molecule is Cc1oc(-n2cccc2)c(C#N)c1C(=O)Nc1ccc(N(C)C)nc1. The molecule has 0 bridgehead atoms. The fourth-order valence-electron chi connectivity index (χ4n) is 2.48. The number of aromatic nitrogens is 2. The number of carbonyl (C=O) groups is 1. The average Bonchev–Trinajstić information content (AvgIpc) is 3.22. The van der Waals surface area contributed by atoms with E-state index in [1.54, 1.807) is 42.2 Å². The van der Waals surface area contributed by atoms with Gasteiger partial charge >= 0.3 is 0 Å². The second-order valence-electron chi connectivity index (χ2n) is 5.67. The zero-order valence-electron chi connectivity index (χ0n) is 14.1. The maximum atomic E-state index is 12.6. The van der Waals surface area contributed by atoms with Crippen molar-refractivity contribution >= 4 is 17.4 Å². The van der Waals surface area contributed by atoms with Gasteiger partial charge in [-0.15, -0.1) is 0 Å². The highest BCUT2D eigenvalue weighted by Crippen LogP contribution is 2.26. The number of hydrogen-bond donors (Lipinski definition) is 1. The molecule has 3 aromatic rings. The molecular weight excluding hydrogens is 318 g/mol. The van der Waals surface area contributed by atoms with Crippen molar-refractivity contribution in [3.8, 4) is 12.0 Å². The standard InChI is InChI=1S/C18H17N5O2/c1-12-16(14(10-19)18(25-12)23-8-4-5-9-23)17(24)21-13-6-7-15(20-11-13)22(2)3/h4-9,11H,1-3H3,(H,21,24). The maximum absolute atomic E-state index is 12.6. The van der Waals surface area contributed by atoms with Crippen LogP contribution in [0.15, 0.2) is 47.3 Å². The smallest absolute Gasteiger partial charge is 0.260 e. The summed E-state index contributed by atoms with van der Waals surface area (Å²) in [4.78, 5) is 18.8. The van der Waals surface area contributed by atoms with Crippen LogP contribution in [0.25, 0.3) is 5.88 Å². The van der Waals surface area contributed by atoms with Gasteiger partial charge in [0.15, 0.2) is 0 Å². The molecule has 0 aromatic carbocycles. The first kappa shape index (κ1) is 16.3. The first-order chi connectivity index (χ1) is 12.0. The number of nitrogens with zero attached hydrogens (tertiary/aromatic N) is 4. The molecule has 0 saturated heterocycles. The number of hydrogen-bond acceptors (Lipinski definition) is 5. The Morgan fingerprint density at radius 1 is 1.32 bits per heavy atom. The van der Waals surface area contributed by atoms with Crippen molar-refractivity contribution in [1.29, 1.82) is 5.26 Å². The van der Waals surface area contributed by atoms with Gasteiger partial charge in [-0.25, -0.2) is 4.98 Å². The normalized spacial score (nSPS) is 10.3. The summed E-state index contributed by atoms with van der Waals surface area (Å²) in [5.74, 6) is 1.09. The van der Waals surface area contributed by atoms with Crippen LogP contribution in [0, 0.1) is 18.3 Å². The summed E-state index contributed by atoms with van der Waals surface area (Å²) in [5.41, 5.74) is 0.967. The minimum atomic E-state index is -0.407. The van der Waals surface area contributed by atoms with E-state index in [2.05, 4.69) is 16.4 Å². The second kappa shape index (κ2) is 6.53. The van der Waals surface area contributed by atoms with Crippen LogP contribution in [0.4, 0.5) is 11.5 Å². The molecule has 126 valence electrons. The Morgan fingerprint density at radius 2 is 2.04 bits per heavy atom. The Labute approximate surface area is 145 Å². The lowest BCUT2D eigenvalue weighted by molar-refractivity contribution is 0.102. The van der Waals surface area contributed by atoms with E-state index in [-0.39, 0.29) is 11.1 Å². The molecule has 0 unspecified atom stereocenters. The van der Waals surface area contributed by atoms with Crippen molar-refractivity contribution in [1.82, 2.24) is 9.55 Å². The molecular formula is C18H17N5O2. The second-order valence-corrected chi connectivity index (χ2v) is 5.67. The van der Waals surface area contributed by atoms with Gasteiger partial charge in [0.2, 0.25) is 5.88 Å². The van der Waals surface area contributed by atoms with Crippen LogP contribution in [-0.4, -0.2) is 29.6 Å². The predicted molar refractivity (Wildman–Crippen MR) is 94.0 cm³/mol. The molecule has 1 amide bonds. The number of nitrogens with one attached hydrogen (secondary N) is 1. The van der Waals surface area contributed by atoms with Gasteiger partial charge in [0, 0.05) is 26.5 Å². The van der Waals surface area contributed by atoms with E-state index in [9.17, 15) is 10.1 Å². The van der Waals surface area contributed by atoms with Gasteiger partial charge in [-0.2, -0.15) is 5.26 Å². The third-order valence-corrected chi connectivity index (χ3v) is 3.71. The van der Waals surface area contributed by atoms with Crippen LogP contribution in [0.5, 0.6) is 0 Å². The van der Waals surface area contributed by atoms with Crippen LogP contribution < -0.4 is 10.2 Å². The summed E-state index contributed by atoms with van der Waals surface area (Å²) in [5, 5.41) is 12.3. The predicted octanol–water partition coefficient (Wildman–Crippen LogP) is 2.96. The number of pyridine rings is 1. The Bertz CT molecular complexity index is 931. The molecule has 3 aromatic heterocycles. The van der Waals surface area contributed by atoms with Gasteiger partial charge in [-0.1, -0.05) is 0 Å². The fourth-order valence-corrected chi connectivity index (χ4v) is 2.48. The lowest BCUT2D eigenvalue weighted by Gasteiger charge is -2.11. The van der Waals surface area contributed by atoms with Gasteiger partial charge in [-0.05, 0) is 31.2 Å². The number of amides is 1. The van der Waals surface area contributed by atoms with E-state index >= 15 is 0 Å². The minimum Gasteiger partial charge on any atom is -0.443 e. The quantitative estimate of drug-likeness (QED) is 0.792. The lowest BCUT2D eigenvalue weighted by Crippen LogP contribution is -2.15. The van der Waals surface area contributed by atoms with E-state index in [4.69, 9.17) is 4.42 Å². The van der Waals surface area contributed by atoms with E-state index < -0.39 is 5.91 Å². The zero-order valence-corrected chi connectivity index (χ0v) is 14.1.